The first-order valence-corrected chi connectivity index (χ1v) is 10.9. The summed E-state index contributed by atoms with van der Waals surface area (Å²) in [5.41, 5.74) is 4.33. The van der Waals surface area contributed by atoms with Gasteiger partial charge < -0.3 is 9.47 Å². The van der Waals surface area contributed by atoms with Crippen molar-refractivity contribution in [1.29, 1.82) is 0 Å². The molecule has 2 heterocycles. The summed E-state index contributed by atoms with van der Waals surface area (Å²) in [5.74, 6) is -0.0607. The zero-order valence-corrected chi connectivity index (χ0v) is 18.8. The first-order chi connectivity index (χ1) is 16.5. The lowest BCUT2D eigenvalue weighted by atomic mass is 10.2. The van der Waals surface area contributed by atoms with Crippen molar-refractivity contribution in [2.45, 2.75) is 6.61 Å². The molecular weight excluding hydrogens is 459 g/mol. The molecular formula is C24H19FN4O4S. The molecule has 8 nitrogen and oxygen atoms in total. The molecule has 10 heteroatoms. The summed E-state index contributed by atoms with van der Waals surface area (Å²) in [6, 6.07) is 14.4. The number of halogens is 1. The molecule has 0 saturated carbocycles. The Morgan fingerprint density at radius 3 is 2.65 bits per heavy atom. The second kappa shape index (κ2) is 10.6. The molecule has 2 N–H and O–H groups in total. The Labute approximate surface area is 198 Å². The number of rotatable bonds is 7. The molecule has 3 aromatic rings. The van der Waals surface area contributed by atoms with Crippen LogP contribution in [0.5, 0.6) is 11.5 Å². The van der Waals surface area contributed by atoms with E-state index in [2.05, 4.69) is 20.8 Å². The minimum atomic E-state index is -0.414. The molecule has 1 aromatic heterocycles. The highest BCUT2D eigenvalue weighted by molar-refractivity contribution is 8.18. The molecule has 0 atom stereocenters. The van der Waals surface area contributed by atoms with E-state index >= 15 is 0 Å². The number of ether oxygens (including phenoxy) is 2. The van der Waals surface area contributed by atoms with Crippen LogP contribution in [0.1, 0.15) is 21.5 Å². The van der Waals surface area contributed by atoms with Crippen molar-refractivity contribution in [3.63, 3.8) is 0 Å². The van der Waals surface area contributed by atoms with Gasteiger partial charge in [-0.2, -0.15) is 0 Å². The van der Waals surface area contributed by atoms with Gasteiger partial charge >= 0.3 is 0 Å². The summed E-state index contributed by atoms with van der Waals surface area (Å²) < 4.78 is 24.3. The SMILES string of the molecule is COc1cc(/C=C2\SC(=NNC(=O)c3ccncc3)NC2=O)ccc1OCc1ccc(F)cc1. The van der Waals surface area contributed by atoms with Crippen LogP contribution in [0.15, 0.2) is 77.0 Å². The van der Waals surface area contributed by atoms with Crippen molar-refractivity contribution in [2.24, 2.45) is 5.10 Å². The minimum Gasteiger partial charge on any atom is -0.493 e. The third-order valence-electron chi connectivity index (χ3n) is 4.65. The number of carbonyl (C=O) groups excluding carboxylic acids is 2. The number of methoxy groups -OCH3 is 1. The molecule has 34 heavy (non-hydrogen) atoms. The van der Waals surface area contributed by atoms with E-state index in [1.165, 1.54) is 31.6 Å². The zero-order valence-electron chi connectivity index (χ0n) is 17.9. The fraction of sp³-hybridized carbons (Fsp3) is 0.0833. The number of carbonyl (C=O) groups is 2. The molecule has 172 valence electrons. The van der Waals surface area contributed by atoms with Crippen molar-refractivity contribution in [3.8, 4) is 11.5 Å². The van der Waals surface area contributed by atoms with Gasteiger partial charge in [0.2, 0.25) is 0 Å². The third-order valence-corrected chi connectivity index (χ3v) is 5.56. The molecule has 2 aromatic carbocycles. The highest BCUT2D eigenvalue weighted by atomic mass is 32.2. The highest BCUT2D eigenvalue weighted by Crippen LogP contribution is 2.32. The molecule has 0 unspecified atom stereocenters. The maximum Gasteiger partial charge on any atom is 0.271 e. The highest BCUT2D eigenvalue weighted by Gasteiger charge is 2.24. The first-order valence-electron chi connectivity index (χ1n) is 10.1. The van der Waals surface area contributed by atoms with E-state index in [-0.39, 0.29) is 23.5 Å². The predicted molar refractivity (Wildman–Crippen MR) is 127 cm³/mol. The van der Waals surface area contributed by atoms with Crippen LogP contribution in [0, 0.1) is 5.82 Å². The van der Waals surface area contributed by atoms with Gasteiger partial charge in [-0.25, -0.2) is 9.82 Å². The molecule has 1 fully saturated rings. The number of benzene rings is 2. The second-order valence-electron chi connectivity index (χ2n) is 6.98. The number of hydrogen-bond donors (Lipinski definition) is 2. The molecule has 1 saturated heterocycles. The van der Waals surface area contributed by atoms with Gasteiger partial charge in [0.15, 0.2) is 16.7 Å². The number of pyridine rings is 1. The van der Waals surface area contributed by atoms with Gasteiger partial charge in [-0.1, -0.05) is 18.2 Å². The summed E-state index contributed by atoms with van der Waals surface area (Å²) in [4.78, 5) is 28.7. The Morgan fingerprint density at radius 2 is 1.91 bits per heavy atom. The van der Waals surface area contributed by atoms with E-state index in [0.717, 1.165) is 17.3 Å². The van der Waals surface area contributed by atoms with Crippen LogP contribution < -0.4 is 20.2 Å². The van der Waals surface area contributed by atoms with E-state index < -0.39 is 5.91 Å². The lowest BCUT2D eigenvalue weighted by Crippen LogP contribution is -2.25. The Bertz CT molecular complexity index is 1260. The zero-order chi connectivity index (χ0) is 23.9. The quantitative estimate of drug-likeness (QED) is 0.397. The fourth-order valence-corrected chi connectivity index (χ4v) is 3.72. The fourth-order valence-electron chi connectivity index (χ4n) is 2.94. The Morgan fingerprint density at radius 1 is 1.15 bits per heavy atom. The third kappa shape index (κ3) is 5.78. The topological polar surface area (TPSA) is 102 Å². The summed E-state index contributed by atoms with van der Waals surface area (Å²) in [6.45, 7) is 0.250. The average molecular weight is 479 g/mol. The summed E-state index contributed by atoms with van der Waals surface area (Å²) in [5, 5.41) is 6.83. The van der Waals surface area contributed by atoms with E-state index in [1.807, 2.05) is 0 Å². The number of amides is 2. The number of hydrazone groups is 1. The largest absolute Gasteiger partial charge is 0.493 e. The van der Waals surface area contributed by atoms with Crippen molar-refractivity contribution in [3.05, 3.63) is 94.4 Å². The molecule has 0 spiro atoms. The Balaban J connectivity index is 1.42. The van der Waals surface area contributed by atoms with Crippen LogP contribution in [0.2, 0.25) is 0 Å². The van der Waals surface area contributed by atoms with E-state index in [9.17, 15) is 14.0 Å². The number of hydrogen-bond acceptors (Lipinski definition) is 7. The van der Waals surface area contributed by atoms with Gasteiger partial charge in [0, 0.05) is 18.0 Å². The summed E-state index contributed by atoms with van der Waals surface area (Å²) in [7, 11) is 1.52. The second-order valence-corrected chi connectivity index (χ2v) is 8.01. The predicted octanol–water partition coefficient (Wildman–Crippen LogP) is 3.71. The Hall–Kier alpha value is -4.18. The number of amidine groups is 1. The van der Waals surface area contributed by atoms with Crippen LogP contribution in [0.3, 0.4) is 0 Å². The van der Waals surface area contributed by atoms with Crippen LogP contribution in [0.4, 0.5) is 4.39 Å². The average Bonchev–Trinajstić information content (AvgIpc) is 3.21. The van der Waals surface area contributed by atoms with Crippen LogP contribution in [0.25, 0.3) is 6.08 Å². The summed E-state index contributed by atoms with van der Waals surface area (Å²) in [6.07, 6.45) is 4.68. The molecule has 2 amide bonds. The number of nitrogens with zero attached hydrogens (tertiary/aromatic N) is 2. The molecule has 0 bridgehead atoms. The van der Waals surface area contributed by atoms with Gasteiger partial charge in [-0.05, 0) is 65.4 Å². The van der Waals surface area contributed by atoms with Gasteiger partial charge in [-0.15, -0.1) is 5.10 Å². The number of aromatic nitrogens is 1. The van der Waals surface area contributed by atoms with Gasteiger partial charge in [0.1, 0.15) is 12.4 Å². The first kappa shape index (κ1) is 23.0. The maximum absolute atomic E-state index is 13.1. The van der Waals surface area contributed by atoms with Gasteiger partial charge in [0.05, 0.1) is 12.0 Å². The molecule has 4 rings (SSSR count). The van der Waals surface area contributed by atoms with Crippen molar-refractivity contribution < 1.29 is 23.5 Å². The maximum atomic E-state index is 13.1. The van der Waals surface area contributed by atoms with Crippen LogP contribution in [-0.4, -0.2) is 29.1 Å². The van der Waals surface area contributed by atoms with Gasteiger partial charge in [0.25, 0.3) is 11.8 Å². The van der Waals surface area contributed by atoms with Crippen molar-refractivity contribution >= 4 is 34.8 Å². The molecule has 1 aliphatic rings. The molecule has 0 aliphatic carbocycles. The summed E-state index contributed by atoms with van der Waals surface area (Å²) >= 11 is 1.10. The standard InChI is InChI=1S/C24H19FN4O4S/c1-32-20-12-16(4-7-19(20)33-14-15-2-5-18(25)6-3-15)13-21-23(31)27-24(34-21)29-28-22(30)17-8-10-26-11-9-17/h2-13H,14H2,1H3,(H,28,30)(H,27,29,31)/b21-13-. The minimum absolute atomic E-state index is 0.250. The molecule has 0 radical (unpaired) electrons. The Kier molecular flexibility index (Phi) is 7.19. The van der Waals surface area contributed by atoms with E-state index in [0.29, 0.717) is 27.5 Å². The lowest BCUT2D eigenvalue weighted by molar-refractivity contribution is -0.115. The normalized spacial score (nSPS) is 15.3. The van der Waals surface area contributed by atoms with Crippen molar-refractivity contribution in [2.75, 3.05) is 7.11 Å². The van der Waals surface area contributed by atoms with Crippen LogP contribution >= 0.6 is 11.8 Å². The van der Waals surface area contributed by atoms with Crippen molar-refractivity contribution in [1.82, 2.24) is 15.7 Å². The monoisotopic (exact) mass is 478 g/mol. The van der Waals surface area contributed by atoms with Crippen LogP contribution in [-0.2, 0) is 11.4 Å². The lowest BCUT2D eigenvalue weighted by Gasteiger charge is -2.11. The number of thioether (sulfide) groups is 1. The molecule has 1 aliphatic heterocycles. The van der Waals surface area contributed by atoms with E-state index in [1.54, 1.807) is 48.5 Å². The number of nitrogens with one attached hydrogen (secondary N) is 2. The van der Waals surface area contributed by atoms with E-state index in [4.69, 9.17) is 9.47 Å². The smallest absolute Gasteiger partial charge is 0.271 e. The van der Waals surface area contributed by atoms with Gasteiger partial charge in [-0.3, -0.25) is 19.9 Å².